The van der Waals surface area contributed by atoms with E-state index in [0.29, 0.717) is 22.7 Å². The number of anilines is 1. The normalized spacial score (nSPS) is 16.9. The topological polar surface area (TPSA) is 64.8 Å². The Labute approximate surface area is 142 Å². The summed E-state index contributed by atoms with van der Waals surface area (Å²) in [6.45, 7) is 0.752. The number of amides is 1. The van der Waals surface area contributed by atoms with Crippen molar-refractivity contribution in [1.82, 2.24) is 4.90 Å². The predicted molar refractivity (Wildman–Crippen MR) is 93.4 cm³/mol. The molecule has 1 aliphatic heterocycles. The fraction of sp³-hybridized carbons (Fsp3) is 0.316. The van der Waals surface area contributed by atoms with Gasteiger partial charge in [-0.15, -0.1) is 0 Å². The van der Waals surface area contributed by atoms with Crippen LogP contribution in [0, 0.1) is 0 Å². The number of hydrogen-bond acceptors (Lipinski definition) is 4. The van der Waals surface area contributed by atoms with E-state index in [1.54, 1.807) is 38.5 Å². The van der Waals surface area contributed by atoms with Crippen LogP contribution in [0.3, 0.4) is 0 Å². The first-order chi connectivity index (χ1) is 11.6. The second kappa shape index (κ2) is 6.83. The van der Waals surface area contributed by atoms with Crippen molar-refractivity contribution in [2.24, 2.45) is 0 Å². The van der Waals surface area contributed by atoms with Crippen LogP contribution in [0.2, 0.25) is 0 Å². The van der Waals surface area contributed by atoms with Crippen LogP contribution in [0.25, 0.3) is 0 Å². The lowest BCUT2D eigenvalue weighted by Gasteiger charge is -2.26. The third kappa shape index (κ3) is 3.02. The summed E-state index contributed by atoms with van der Waals surface area (Å²) >= 11 is 0. The third-order valence-corrected chi connectivity index (χ3v) is 4.46. The molecule has 0 spiro atoms. The molecule has 0 radical (unpaired) electrons. The number of carbonyl (C=O) groups excluding carboxylic acids is 1. The van der Waals surface area contributed by atoms with E-state index < -0.39 is 0 Å². The van der Waals surface area contributed by atoms with Crippen molar-refractivity contribution in [1.29, 1.82) is 0 Å². The summed E-state index contributed by atoms with van der Waals surface area (Å²) in [4.78, 5) is 14.8. The van der Waals surface area contributed by atoms with Gasteiger partial charge in [0.15, 0.2) is 11.5 Å². The number of ether oxygens (including phenoxy) is 2. The van der Waals surface area contributed by atoms with Crippen molar-refractivity contribution >= 4 is 11.6 Å². The third-order valence-electron chi connectivity index (χ3n) is 4.46. The molecule has 1 amide bonds. The zero-order valence-corrected chi connectivity index (χ0v) is 14.0. The largest absolute Gasteiger partial charge is 0.493 e. The average molecular weight is 326 g/mol. The molecule has 3 rings (SSSR count). The molecule has 0 bridgehead atoms. The Morgan fingerprint density at radius 1 is 1.08 bits per heavy atom. The van der Waals surface area contributed by atoms with E-state index in [1.807, 2.05) is 23.1 Å². The van der Waals surface area contributed by atoms with Crippen LogP contribution in [0.1, 0.15) is 34.8 Å². The molecule has 1 saturated heterocycles. The van der Waals surface area contributed by atoms with Gasteiger partial charge in [0.25, 0.3) is 5.91 Å². The van der Waals surface area contributed by atoms with Crippen molar-refractivity contribution in [3.63, 3.8) is 0 Å². The minimum atomic E-state index is 0.0345. The first kappa shape index (κ1) is 16.2. The van der Waals surface area contributed by atoms with E-state index >= 15 is 0 Å². The highest BCUT2D eigenvalue weighted by Gasteiger charge is 2.31. The minimum absolute atomic E-state index is 0.0345. The summed E-state index contributed by atoms with van der Waals surface area (Å²) in [6, 6.07) is 13.0. The lowest BCUT2D eigenvalue weighted by Crippen LogP contribution is -2.30. The minimum Gasteiger partial charge on any atom is -0.493 e. The van der Waals surface area contributed by atoms with Crippen molar-refractivity contribution in [2.75, 3.05) is 26.5 Å². The molecule has 0 aromatic heterocycles. The second-order valence-electron chi connectivity index (χ2n) is 5.89. The van der Waals surface area contributed by atoms with Crippen LogP contribution in [0.15, 0.2) is 42.5 Å². The molecular weight excluding hydrogens is 304 g/mol. The highest BCUT2D eigenvalue weighted by atomic mass is 16.5. The van der Waals surface area contributed by atoms with Gasteiger partial charge in [0.2, 0.25) is 0 Å². The first-order valence-electron chi connectivity index (χ1n) is 8.02. The molecule has 5 heteroatoms. The number of nitrogens with zero attached hydrogens (tertiary/aromatic N) is 1. The average Bonchev–Trinajstić information content (AvgIpc) is 3.10. The Morgan fingerprint density at radius 2 is 1.79 bits per heavy atom. The Hall–Kier alpha value is -2.69. The maximum Gasteiger partial charge on any atom is 0.254 e. The van der Waals surface area contributed by atoms with Crippen LogP contribution in [-0.4, -0.2) is 31.6 Å². The molecule has 0 saturated carbocycles. The van der Waals surface area contributed by atoms with Gasteiger partial charge < -0.3 is 20.1 Å². The summed E-state index contributed by atoms with van der Waals surface area (Å²) in [7, 11) is 3.23. The van der Waals surface area contributed by atoms with Gasteiger partial charge in [0, 0.05) is 17.8 Å². The van der Waals surface area contributed by atoms with Gasteiger partial charge in [0.05, 0.1) is 20.3 Å². The Bertz CT molecular complexity index is 728. The lowest BCUT2D eigenvalue weighted by atomic mass is 10.0. The van der Waals surface area contributed by atoms with E-state index in [9.17, 15) is 4.79 Å². The predicted octanol–water partition coefficient (Wildman–Crippen LogP) is 3.26. The van der Waals surface area contributed by atoms with Gasteiger partial charge in [-0.3, -0.25) is 4.79 Å². The monoisotopic (exact) mass is 326 g/mol. The zero-order chi connectivity index (χ0) is 17.1. The molecule has 5 nitrogen and oxygen atoms in total. The van der Waals surface area contributed by atoms with Gasteiger partial charge in [-0.05, 0) is 54.8 Å². The number of nitrogen functional groups attached to an aromatic ring is 1. The molecule has 126 valence electrons. The molecular formula is C19H22N2O3. The van der Waals surface area contributed by atoms with E-state index in [2.05, 4.69) is 0 Å². The first-order valence-corrected chi connectivity index (χ1v) is 8.02. The summed E-state index contributed by atoms with van der Waals surface area (Å²) in [5.41, 5.74) is 8.09. The summed E-state index contributed by atoms with van der Waals surface area (Å²) in [6.07, 6.45) is 1.93. The van der Waals surface area contributed by atoms with E-state index in [-0.39, 0.29) is 11.9 Å². The fourth-order valence-corrected chi connectivity index (χ4v) is 3.21. The van der Waals surface area contributed by atoms with Gasteiger partial charge in [-0.1, -0.05) is 6.07 Å². The maximum absolute atomic E-state index is 12.8. The number of rotatable bonds is 4. The van der Waals surface area contributed by atoms with Crippen molar-refractivity contribution in [3.05, 3.63) is 53.6 Å². The molecule has 2 aromatic carbocycles. The standard InChI is InChI=1S/C19H22N2O3/c1-23-17-10-7-14(12-18(17)24-2)16-4-3-11-21(16)19(22)13-5-8-15(20)9-6-13/h5-10,12,16H,3-4,11,20H2,1-2H3. The summed E-state index contributed by atoms with van der Waals surface area (Å²) in [5.74, 6) is 1.41. The van der Waals surface area contributed by atoms with Crippen molar-refractivity contribution in [3.8, 4) is 11.5 Å². The molecule has 1 aliphatic rings. The molecule has 2 aromatic rings. The molecule has 2 N–H and O–H groups in total. The van der Waals surface area contributed by atoms with Gasteiger partial charge in [-0.25, -0.2) is 0 Å². The number of likely N-dealkylation sites (tertiary alicyclic amines) is 1. The maximum atomic E-state index is 12.8. The molecule has 1 atom stereocenters. The zero-order valence-electron chi connectivity index (χ0n) is 14.0. The number of benzene rings is 2. The van der Waals surface area contributed by atoms with Gasteiger partial charge >= 0.3 is 0 Å². The molecule has 0 aliphatic carbocycles. The number of hydrogen-bond donors (Lipinski definition) is 1. The van der Waals surface area contributed by atoms with Crippen LogP contribution < -0.4 is 15.2 Å². The molecule has 24 heavy (non-hydrogen) atoms. The number of carbonyl (C=O) groups is 1. The van der Waals surface area contributed by atoms with Gasteiger partial charge in [0.1, 0.15) is 0 Å². The summed E-state index contributed by atoms with van der Waals surface area (Å²) < 4.78 is 10.7. The molecule has 1 fully saturated rings. The fourth-order valence-electron chi connectivity index (χ4n) is 3.21. The lowest BCUT2D eigenvalue weighted by molar-refractivity contribution is 0.0735. The highest BCUT2D eigenvalue weighted by molar-refractivity contribution is 5.95. The van der Waals surface area contributed by atoms with E-state index in [1.165, 1.54) is 0 Å². The Morgan fingerprint density at radius 3 is 2.46 bits per heavy atom. The van der Waals surface area contributed by atoms with Gasteiger partial charge in [-0.2, -0.15) is 0 Å². The quantitative estimate of drug-likeness (QED) is 0.876. The van der Waals surface area contributed by atoms with Crippen molar-refractivity contribution < 1.29 is 14.3 Å². The Balaban J connectivity index is 1.87. The van der Waals surface area contributed by atoms with E-state index in [4.69, 9.17) is 15.2 Å². The van der Waals surface area contributed by atoms with Crippen LogP contribution in [-0.2, 0) is 0 Å². The van der Waals surface area contributed by atoms with Crippen LogP contribution in [0.4, 0.5) is 5.69 Å². The Kier molecular flexibility index (Phi) is 4.60. The van der Waals surface area contributed by atoms with Crippen molar-refractivity contribution in [2.45, 2.75) is 18.9 Å². The van der Waals surface area contributed by atoms with E-state index in [0.717, 1.165) is 24.9 Å². The smallest absolute Gasteiger partial charge is 0.254 e. The number of nitrogens with two attached hydrogens (primary N) is 1. The highest BCUT2D eigenvalue weighted by Crippen LogP contribution is 2.37. The van der Waals surface area contributed by atoms with Crippen LogP contribution in [0.5, 0.6) is 11.5 Å². The molecule has 1 unspecified atom stereocenters. The second-order valence-corrected chi connectivity index (χ2v) is 5.89. The number of methoxy groups -OCH3 is 2. The SMILES string of the molecule is COc1ccc(C2CCCN2C(=O)c2ccc(N)cc2)cc1OC. The molecule has 1 heterocycles. The summed E-state index contributed by atoms with van der Waals surface area (Å²) in [5, 5.41) is 0. The van der Waals surface area contributed by atoms with Crippen LogP contribution >= 0.6 is 0 Å².